The molecule has 0 aliphatic carbocycles. The van der Waals surface area contributed by atoms with Gasteiger partial charge in [0.15, 0.2) is 0 Å². The first-order chi connectivity index (χ1) is 11.5. The largest absolute Gasteiger partial charge is 0.495 e. The van der Waals surface area contributed by atoms with E-state index in [9.17, 15) is 9.59 Å². The Kier molecular flexibility index (Phi) is 6.26. The smallest absolute Gasteiger partial charge is 0.245 e. The van der Waals surface area contributed by atoms with E-state index in [2.05, 4.69) is 6.58 Å². The van der Waals surface area contributed by atoms with Gasteiger partial charge in [0.1, 0.15) is 5.75 Å². The Morgan fingerprint density at radius 1 is 1.42 bits per heavy atom. The molecule has 1 aromatic rings. The van der Waals surface area contributed by atoms with Crippen LogP contribution in [0.3, 0.4) is 0 Å². The van der Waals surface area contributed by atoms with E-state index in [4.69, 9.17) is 16.3 Å². The summed E-state index contributed by atoms with van der Waals surface area (Å²) in [5.41, 5.74) is 0.955. The summed E-state index contributed by atoms with van der Waals surface area (Å²) in [4.78, 5) is 27.6. The van der Waals surface area contributed by atoms with Gasteiger partial charge in [-0.05, 0) is 36.6 Å². The van der Waals surface area contributed by atoms with Gasteiger partial charge in [0, 0.05) is 32.6 Å². The highest BCUT2D eigenvalue weighted by atomic mass is 35.5. The van der Waals surface area contributed by atoms with Crippen LogP contribution in [0.1, 0.15) is 18.4 Å². The molecule has 1 aromatic carbocycles. The van der Waals surface area contributed by atoms with Crippen LogP contribution in [-0.2, 0) is 16.1 Å². The molecule has 6 heteroatoms. The molecule has 0 spiro atoms. The van der Waals surface area contributed by atoms with Crippen LogP contribution in [0, 0.1) is 5.92 Å². The van der Waals surface area contributed by atoms with Crippen molar-refractivity contribution in [1.29, 1.82) is 0 Å². The van der Waals surface area contributed by atoms with E-state index in [0.717, 1.165) is 5.56 Å². The van der Waals surface area contributed by atoms with Crippen molar-refractivity contribution in [3.05, 3.63) is 41.4 Å². The molecule has 1 aliphatic heterocycles. The predicted octanol–water partition coefficient (Wildman–Crippen LogP) is 2.73. The first kappa shape index (κ1) is 18.3. The van der Waals surface area contributed by atoms with Gasteiger partial charge in [-0.2, -0.15) is 0 Å². The highest BCUT2D eigenvalue weighted by Crippen LogP contribution is 2.26. The summed E-state index contributed by atoms with van der Waals surface area (Å²) >= 11 is 6.13. The molecule has 24 heavy (non-hydrogen) atoms. The van der Waals surface area contributed by atoms with Gasteiger partial charge >= 0.3 is 0 Å². The van der Waals surface area contributed by atoms with Crippen LogP contribution in [0.2, 0.25) is 5.02 Å². The fourth-order valence-electron chi connectivity index (χ4n) is 2.95. The quantitative estimate of drug-likeness (QED) is 0.767. The van der Waals surface area contributed by atoms with Gasteiger partial charge in [0.25, 0.3) is 0 Å². The molecule has 0 unspecified atom stereocenters. The number of methoxy groups -OCH3 is 1. The van der Waals surface area contributed by atoms with Crippen molar-refractivity contribution in [3.63, 3.8) is 0 Å². The third kappa shape index (κ3) is 4.29. The summed E-state index contributed by atoms with van der Waals surface area (Å²) in [5.74, 6) is 0.612. The predicted molar refractivity (Wildman–Crippen MR) is 94.0 cm³/mol. The lowest BCUT2D eigenvalue weighted by Crippen LogP contribution is -2.42. The first-order valence-electron chi connectivity index (χ1n) is 7.95. The van der Waals surface area contributed by atoms with Crippen molar-refractivity contribution in [2.45, 2.75) is 19.4 Å². The fraction of sp³-hybridized carbons (Fsp3) is 0.444. The van der Waals surface area contributed by atoms with Crippen molar-refractivity contribution >= 4 is 23.4 Å². The molecular weight excluding hydrogens is 328 g/mol. The van der Waals surface area contributed by atoms with Crippen LogP contribution in [0.4, 0.5) is 0 Å². The average molecular weight is 351 g/mol. The molecule has 0 saturated carbocycles. The number of nitrogens with zero attached hydrogens (tertiary/aromatic N) is 2. The number of carbonyl (C=O) groups is 2. The Labute approximate surface area is 147 Å². The van der Waals surface area contributed by atoms with Gasteiger partial charge < -0.3 is 14.5 Å². The number of ether oxygens (including phenoxy) is 1. The zero-order valence-corrected chi connectivity index (χ0v) is 14.9. The van der Waals surface area contributed by atoms with Crippen LogP contribution in [0.5, 0.6) is 5.75 Å². The number of benzene rings is 1. The summed E-state index contributed by atoms with van der Waals surface area (Å²) in [6.07, 6.45) is 2.69. The van der Waals surface area contributed by atoms with E-state index in [0.29, 0.717) is 43.2 Å². The number of halogens is 1. The molecule has 2 amide bonds. The molecule has 0 aromatic heterocycles. The molecule has 0 atom stereocenters. The highest BCUT2D eigenvalue weighted by molar-refractivity contribution is 6.32. The summed E-state index contributed by atoms with van der Waals surface area (Å²) in [6.45, 7) is 5.19. The molecule has 0 radical (unpaired) electrons. The second kappa shape index (κ2) is 8.20. The highest BCUT2D eigenvalue weighted by Gasteiger charge is 2.28. The molecule has 130 valence electrons. The number of likely N-dealkylation sites (tertiary alicyclic amines) is 1. The Morgan fingerprint density at radius 3 is 2.62 bits per heavy atom. The van der Waals surface area contributed by atoms with E-state index in [1.807, 2.05) is 12.1 Å². The van der Waals surface area contributed by atoms with Crippen LogP contribution in [0.15, 0.2) is 30.9 Å². The normalized spacial score (nSPS) is 15.0. The number of rotatable bonds is 5. The molecule has 0 bridgehead atoms. The van der Waals surface area contributed by atoms with Gasteiger partial charge in [-0.15, -0.1) is 0 Å². The van der Waals surface area contributed by atoms with E-state index in [1.54, 1.807) is 30.0 Å². The van der Waals surface area contributed by atoms with Gasteiger partial charge in [0.05, 0.1) is 12.1 Å². The van der Waals surface area contributed by atoms with Gasteiger partial charge in [0.2, 0.25) is 11.8 Å². The first-order valence-corrected chi connectivity index (χ1v) is 8.32. The third-order valence-electron chi connectivity index (χ3n) is 4.34. The minimum Gasteiger partial charge on any atom is -0.495 e. The number of piperidine rings is 1. The van der Waals surface area contributed by atoms with Crippen molar-refractivity contribution in [2.24, 2.45) is 5.92 Å². The minimum absolute atomic E-state index is 0.0439. The Balaban J connectivity index is 1.92. The Bertz CT molecular complexity index is 625. The Morgan fingerprint density at radius 2 is 2.08 bits per heavy atom. The van der Waals surface area contributed by atoms with Crippen LogP contribution in [-0.4, -0.2) is 48.9 Å². The average Bonchev–Trinajstić information content (AvgIpc) is 2.60. The van der Waals surface area contributed by atoms with E-state index >= 15 is 0 Å². The lowest BCUT2D eigenvalue weighted by atomic mass is 9.95. The number of hydrogen-bond donors (Lipinski definition) is 0. The van der Waals surface area contributed by atoms with Gasteiger partial charge in [-0.3, -0.25) is 9.59 Å². The molecule has 1 aliphatic rings. The van der Waals surface area contributed by atoms with Crippen LogP contribution in [0.25, 0.3) is 0 Å². The van der Waals surface area contributed by atoms with Crippen LogP contribution < -0.4 is 4.74 Å². The zero-order chi connectivity index (χ0) is 17.7. The number of amides is 2. The summed E-state index contributed by atoms with van der Waals surface area (Å²) in [5, 5.41) is 0.534. The molecule has 5 nitrogen and oxygen atoms in total. The number of hydrogen-bond acceptors (Lipinski definition) is 3. The summed E-state index contributed by atoms with van der Waals surface area (Å²) in [7, 11) is 3.36. The van der Waals surface area contributed by atoms with E-state index in [-0.39, 0.29) is 17.7 Å². The fourth-order valence-corrected chi connectivity index (χ4v) is 3.23. The molecule has 1 fully saturated rings. The van der Waals surface area contributed by atoms with Crippen molar-refractivity contribution in [2.75, 3.05) is 27.2 Å². The molecule has 1 heterocycles. The second-order valence-electron chi connectivity index (χ2n) is 5.97. The lowest BCUT2D eigenvalue weighted by Gasteiger charge is -2.32. The van der Waals surface area contributed by atoms with Crippen molar-refractivity contribution in [3.8, 4) is 5.75 Å². The van der Waals surface area contributed by atoms with Crippen molar-refractivity contribution in [1.82, 2.24) is 9.80 Å². The zero-order valence-electron chi connectivity index (χ0n) is 14.1. The molecular formula is C18H23ClN2O3. The number of carbonyl (C=O) groups excluding carboxylic acids is 2. The van der Waals surface area contributed by atoms with Crippen LogP contribution >= 0.6 is 11.6 Å². The molecule has 2 rings (SSSR count). The maximum Gasteiger partial charge on any atom is 0.245 e. The maximum atomic E-state index is 12.6. The minimum atomic E-state index is -0.0675. The van der Waals surface area contributed by atoms with E-state index < -0.39 is 0 Å². The van der Waals surface area contributed by atoms with Gasteiger partial charge in [-0.1, -0.05) is 24.2 Å². The van der Waals surface area contributed by atoms with E-state index in [1.165, 1.54) is 6.08 Å². The van der Waals surface area contributed by atoms with Crippen molar-refractivity contribution < 1.29 is 14.3 Å². The van der Waals surface area contributed by atoms with Gasteiger partial charge in [-0.25, -0.2) is 0 Å². The standard InChI is InChI=1S/C18H23ClN2O3/c1-4-17(22)21-9-7-14(8-10-21)18(23)20(2)12-13-5-6-16(24-3)15(19)11-13/h4-6,11,14H,1,7-10,12H2,2-3H3. The maximum absolute atomic E-state index is 12.6. The lowest BCUT2D eigenvalue weighted by molar-refractivity contribution is -0.138. The SMILES string of the molecule is C=CC(=O)N1CCC(C(=O)N(C)Cc2ccc(OC)c(Cl)c2)CC1. The monoisotopic (exact) mass is 350 g/mol. The Hall–Kier alpha value is -2.01. The molecule has 1 saturated heterocycles. The third-order valence-corrected chi connectivity index (χ3v) is 4.64. The summed E-state index contributed by atoms with van der Waals surface area (Å²) < 4.78 is 5.13. The topological polar surface area (TPSA) is 49.9 Å². The summed E-state index contributed by atoms with van der Waals surface area (Å²) in [6, 6.07) is 5.52. The molecule has 0 N–H and O–H groups in total. The second-order valence-corrected chi connectivity index (χ2v) is 6.37.